The molecule has 0 bridgehead atoms. The molecule has 3 N–H and O–H groups in total. The summed E-state index contributed by atoms with van der Waals surface area (Å²) >= 11 is 0. The van der Waals surface area contributed by atoms with Gasteiger partial charge in [0.05, 0.1) is 11.2 Å². The molecule has 4 aromatic rings. The second kappa shape index (κ2) is 10.8. The van der Waals surface area contributed by atoms with E-state index in [9.17, 15) is 15.0 Å². The molecule has 0 aliphatic carbocycles. The summed E-state index contributed by atoms with van der Waals surface area (Å²) in [5.74, 6) is 0.0465. The van der Waals surface area contributed by atoms with E-state index in [4.69, 9.17) is 4.98 Å². The lowest BCUT2D eigenvalue weighted by Gasteiger charge is -2.18. The lowest BCUT2D eigenvalue weighted by molar-refractivity contribution is -0.134. The van der Waals surface area contributed by atoms with E-state index in [2.05, 4.69) is 28.3 Å². The zero-order valence-corrected chi connectivity index (χ0v) is 19.2. The molecule has 0 fully saturated rings. The van der Waals surface area contributed by atoms with Gasteiger partial charge in [0.1, 0.15) is 24.1 Å². The number of hydrogen-bond acceptors (Lipinski definition) is 6. The Hall–Kier alpha value is -3.94. The summed E-state index contributed by atoms with van der Waals surface area (Å²) in [5, 5.41) is 21.7. The maximum absolute atomic E-state index is 11.2. The fraction of sp³-hybridized carbons (Fsp3) is 0.308. The number of fused-ring (bicyclic) bond motifs is 1. The van der Waals surface area contributed by atoms with Gasteiger partial charge in [-0.05, 0) is 61.6 Å². The summed E-state index contributed by atoms with van der Waals surface area (Å²) in [6.45, 7) is 1.93. The highest BCUT2D eigenvalue weighted by Gasteiger charge is 2.19. The maximum Gasteiger partial charge on any atom is 0.322 e. The van der Waals surface area contributed by atoms with Gasteiger partial charge in [-0.15, -0.1) is 0 Å². The van der Waals surface area contributed by atoms with Gasteiger partial charge in [0, 0.05) is 24.0 Å². The van der Waals surface area contributed by atoms with Crippen LogP contribution in [0.4, 0.5) is 5.82 Å². The molecule has 8 heteroatoms. The van der Waals surface area contributed by atoms with E-state index < -0.39 is 5.97 Å². The summed E-state index contributed by atoms with van der Waals surface area (Å²) in [5.41, 5.74) is 4.57. The predicted octanol–water partition coefficient (Wildman–Crippen LogP) is 4.92. The number of carboxylic acids is 1. The van der Waals surface area contributed by atoms with Crippen LogP contribution < -0.4 is 5.32 Å². The van der Waals surface area contributed by atoms with Crippen molar-refractivity contribution >= 4 is 22.8 Å². The van der Waals surface area contributed by atoms with Crippen LogP contribution in [0.3, 0.4) is 0 Å². The summed E-state index contributed by atoms with van der Waals surface area (Å²) in [4.78, 5) is 24.7. The number of carboxylic acid groups (broad SMARTS) is 1. The van der Waals surface area contributed by atoms with Gasteiger partial charge >= 0.3 is 5.97 Å². The fourth-order valence-corrected chi connectivity index (χ4v) is 4.24. The molecular formula is C26H29N5O3. The Balaban J connectivity index is 1.65. The van der Waals surface area contributed by atoms with Crippen LogP contribution in [0.1, 0.15) is 49.8 Å². The molecule has 0 aliphatic rings. The van der Waals surface area contributed by atoms with Crippen LogP contribution >= 0.6 is 0 Å². The van der Waals surface area contributed by atoms with Crippen molar-refractivity contribution < 1.29 is 15.0 Å². The number of imidazole rings is 1. The summed E-state index contributed by atoms with van der Waals surface area (Å²) in [6.07, 6.45) is 10.1. The van der Waals surface area contributed by atoms with Crippen LogP contribution in [-0.4, -0.2) is 42.2 Å². The Bertz CT molecular complexity index is 1240. The highest BCUT2D eigenvalue weighted by Crippen LogP contribution is 2.32. The molecule has 0 radical (unpaired) electrons. The number of phenolic OH excluding ortho intramolecular Hbond substituents is 1. The number of carbonyl (C=O) groups is 1. The predicted molar refractivity (Wildman–Crippen MR) is 131 cm³/mol. The monoisotopic (exact) mass is 459 g/mol. The van der Waals surface area contributed by atoms with Crippen molar-refractivity contribution in [2.45, 2.75) is 44.9 Å². The number of benzene rings is 1. The first-order valence-electron chi connectivity index (χ1n) is 11.6. The van der Waals surface area contributed by atoms with E-state index in [-0.39, 0.29) is 18.2 Å². The first-order valence-corrected chi connectivity index (χ1v) is 11.6. The van der Waals surface area contributed by atoms with Crippen LogP contribution in [0.5, 0.6) is 5.75 Å². The lowest BCUT2D eigenvalue weighted by atomic mass is 9.92. The molecule has 0 saturated heterocycles. The highest BCUT2D eigenvalue weighted by molar-refractivity contribution is 5.89. The Morgan fingerprint density at radius 1 is 1.12 bits per heavy atom. The number of phenols is 1. The topological polar surface area (TPSA) is 113 Å². The molecule has 4 rings (SSSR count). The van der Waals surface area contributed by atoms with Crippen molar-refractivity contribution in [1.82, 2.24) is 19.5 Å². The molecule has 34 heavy (non-hydrogen) atoms. The van der Waals surface area contributed by atoms with Crippen molar-refractivity contribution in [3.63, 3.8) is 0 Å². The third-order valence-corrected chi connectivity index (χ3v) is 5.91. The van der Waals surface area contributed by atoms with E-state index in [1.165, 1.54) is 5.56 Å². The number of nitrogens with zero attached hydrogens (tertiary/aromatic N) is 4. The fourth-order valence-electron chi connectivity index (χ4n) is 4.24. The largest absolute Gasteiger partial charge is 0.508 e. The van der Waals surface area contributed by atoms with Crippen LogP contribution in [0, 0.1) is 0 Å². The van der Waals surface area contributed by atoms with Gasteiger partial charge in [-0.2, -0.15) is 0 Å². The average Bonchev–Trinajstić information content (AvgIpc) is 3.28. The van der Waals surface area contributed by atoms with Gasteiger partial charge < -0.3 is 15.5 Å². The van der Waals surface area contributed by atoms with Gasteiger partial charge in [-0.1, -0.05) is 25.5 Å². The number of anilines is 1. The van der Waals surface area contributed by atoms with Gasteiger partial charge in [-0.3, -0.25) is 14.3 Å². The zero-order chi connectivity index (χ0) is 23.9. The number of aromatic hydroxyl groups is 1. The number of aliphatic carboxylic acids is 1. The molecule has 1 unspecified atom stereocenters. The van der Waals surface area contributed by atoms with Gasteiger partial charge in [0.25, 0.3) is 0 Å². The number of aromatic nitrogens is 4. The van der Waals surface area contributed by atoms with Crippen molar-refractivity contribution in [3.05, 3.63) is 72.4 Å². The summed E-state index contributed by atoms with van der Waals surface area (Å²) in [7, 11) is 0. The Morgan fingerprint density at radius 2 is 1.88 bits per heavy atom. The molecular weight excluding hydrogens is 430 g/mol. The van der Waals surface area contributed by atoms with Gasteiger partial charge in [-0.25, -0.2) is 9.97 Å². The van der Waals surface area contributed by atoms with Crippen molar-refractivity contribution in [1.29, 1.82) is 0 Å². The van der Waals surface area contributed by atoms with Crippen LogP contribution in [0.25, 0.3) is 16.7 Å². The van der Waals surface area contributed by atoms with E-state index in [1.54, 1.807) is 30.9 Å². The minimum atomic E-state index is -0.951. The molecule has 0 spiro atoms. The van der Waals surface area contributed by atoms with Gasteiger partial charge in [0.2, 0.25) is 0 Å². The number of rotatable bonds is 11. The quantitative estimate of drug-likeness (QED) is 0.292. The molecule has 3 aromatic heterocycles. The average molecular weight is 460 g/mol. The number of hydrogen-bond donors (Lipinski definition) is 3. The smallest absolute Gasteiger partial charge is 0.322 e. The van der Waals surface area contributed by atoms with E-state index in [0.717, 1.165) is 49.0 Å². The Kier molecular flexibility index (Phi) is 7.37. The third-order valence-electron chi connectivity index (χ3n) is 5.91. The first kappa shape index (κ1) is 23.2. The second-order valence-corrected chi connectivity index (χ2v) is 8.38. The molecule has 8 nitrogen and oxygen atoms in total. The van der Waals surface area contributed by atoms with Crippen LogP contribution in [0.15, 0.2) is 61.2 Å². The SMILES string of the molecule is CCCC(CCCc1ccc(O)cc1)c1cc2c(ncn2-c2ccncc2)c(NCC(=O)O)n1. The number of aryl methyl sites for hydroxylation is 1. The normalized spacial score (nSPS) is 12.0. The number of pyridine rings is 2. The molecule has 176 valence electrons. The minimum absolute atomic E-state index is 0.229. The Labute approximate surface area is 198 Å². The standard InChI is InChI=1S/C26H29N5O3/c1-2-4-19(6-3-5-18-7-9-21(32)10-8-18)22-15-23-25(26(30-22)28-16-24(33)34)29-17-31(23)20-11-13-27-14-12-20/h7-15,17,19,32H,2-6,16H2,1H3,(H,28,30)(H,33,34). The Morgan fingerprint density at radius 3 is 2.59 bits per heavy atom. The van der Waals surface area contributed by atoms with Crippen LogP contribution in [0.2, 0.25) is 0 Å². The van der Waals surface area contributed by atoms with Crippen LogP contribution in [-0.2, 0) is 11.2 Å². The molecule has 1 aromatic carbocycles. The maximum atomic E-state index is 11.2. The first-order chi connectivity index (χ1) is 16.5. The van der Waals surface area contributed by atoms with Crippen molar-refractivity contribution in [3.8, 4) is 11.4 Å². The summed E-state index contributed by atoms with van der Waals surface area (Å²) < 4.78 is 1.98. The minimum Gasteiger partial charge on any atom is -0.508 e. The lowest BCUT2D eigenvalue weighted by Crippen LogP contribution is -2.15. The number of nitrogens with one attached hydrogen (secondary N) is 1. The van der Waals surface area contributed by atoms with E-state index in [0.29, 0.717) is 11.3 Å². The van der Waals surface area contributed by atoms with Crippen molar-refractivity contribution in [2.24, 2.45) is 0 Å². The van der Waals surface area contributed by atoms with E-state index >= 15 is 0 Å². The van der Waals surface area contributed by atoms with Crippen molar-refractivity contribution in [2.75, 3.05) is 11.9 Å². The second-order valence-electron chi connectivity index (χ2n) is 8.38. The molecule has 0 amide bonds. The molecule has 3 heterocycles. The van der Waals surface area contributed by atoms with E-state index in [1.807, 2.05) is 28.8 Å². The van der Waals surface area contributed by atoms with Gasteiger partial charge in [0.15, 0.2) is 5.82 Å². The third kappa shape index (κ3) is 5.51. The molecule has 0 saturated carbocycles. The highest BCUT2D eigenvalue weighted by atomic mass is 16.4. The molecule has 0 aliphatic heterocycles. The molecule has 1 atom stereocenters. The summed E-state index contributed by atoms with van der Waals surface area (Å²) in [6, 6.07) is 13.2. The zero-order valence-electron chi connectivity index (χ0n) is 19.2.